The van der Waals surface area contributed by atoms with Gasteiger partial charge in [-0.15, -0.1) is 0 Å². The van der Waals surface area contributed by atoms with Gasteiger partial charge >= 0.3 is 0 Å². The molecule has 1 atom stereocenters. The van der Waals surface area contributed by atoms with Crippen LogP contribution in [0.15, 0.2) is 48.5 Å². The summed E-state index contributed by atoms with van der Waals surface area (Å²) in [6, 6.07) is 17.7. The van der Waals surface area contributed by atoms with Crippen molar-refractivity contribution in [2.24, 2.45) is 5.92 Å². The van der Waals surface area contributed by atoms with Gasteiger partial charge in [0.2, 0.25) is 0 Å². The molecule has 6 rings (SSSR count). The molecule has 3 fully saturated rings. The fourth-order valence-corrected chi connectivity index (χ4v) is 4.46. The lowest BCUT2D eigenvalue weighted by Gasteiger charge is -2.46. The van der Waals surface area contributed by atoms with E-state index in [9.17, 15) is 0 Å². The Morgan fingerprint density at radius 1 is 0.870 bits per heavy atom. The highest BCUT2D eigenvalue weighted by Gasteiger charge is 2.37. The monoisotopic (exact) mass is 306 g/mol. The third-order valence-electron chi connectivity index (χ3n) is 5.72. The van der Waals surface area contributed by atoms with Crippen molar-refractivity contribution in [3.05, 3.63) is 59.7 Å². The van der Waals surface area contributed by atoms with Crippen LogP contribution in [0.3, 0.4) is 0 Å². The van der Waals surface area contributed by atoms with Crippen molar-refractivity contribution in [1.29, 1.82) is 0 Å². The summed E-state index contributed by atoms with van der Waals surface area (Å²) in [7, 11) is 0. The second-order valence-corrected chi connectivity index (χ2v) is 7.02. The van der Waals surface area contributed by atoms with E-state index in [0.29, 0.717) is 6.04 Å². The van der Waals surface area contributed by atoms with Gasteiger partial charge in [0.15, 0.2) is 0 Å². The Balaban J connectivity index is 1.52. The number of hydrogen-bond acceptors (Lipinski definition) is 3. The topological polar surface area (TPSA) is 24.5 Å². The van der Waals surface area contributed by atoms with E-state index < -0.39 is 0 Å². The molecule has 0 radical (unpaired) electrons. The minimum atomic E-state index is 0.238. The molecule has 0 spiro atoms. The van der Waals surface area contributed by atoms with Gasteiger partial charge in [0, 0.05) is 23.7 Å². The van der Waals surface area contributed by atoms with E-state index in [-0.39, 0.29) is 6.04 Å². The van der Waals surface area contributed by atoms with Gasteiger partial charge in [-0.25, -0.2) is 0 Å². The molecule has 0 amide bonds. The van der Waals surface area contributed by atoms with Crippen LogP contribution in [0.4, 0.5) is 0 Å². The van der Waals surface area contributed by atoms with Gasteiger partial charge in [-0.2, -0.15) is 0 Å². The first-order chi connectivity index (χ1) is 11.4. The van der Waals surface area contributed by atoms with Crippen LogP contribution in [0.1, 0.15) is 30.0 Å². The van der Waals surface area contributed by atoms with Crippen LogP contribution in [-0.2, 0) is 0 Å². The molecule has 2 aromatic rings. The van der Waals surface area contributed by atoms with Crippen molar-refractivity contribution >= 4 is 0 Å². The summed E-state index contributed by atoms with van der Waals surface area (Å²) in [5.74, 6) is 2.80. The minimum absolute atomic E-state index is 0.238. The molecule has 4 heterocycles. The Morgan fingerprint density at radius 3 is 2.04 bits per heavy atom. The Kier molecular flexibility index (Phi) is 3.17. The number of ether oxygens (including phenoxy) is 1. The summed E-state index contributed by atoms with van der Waals surface area (Å²) in [5, 5.41) is 3.98. The van der Waals surface area contributed by atoms with Crippen LogP contribution >= 0.6 is 0 Å². The van der Waals surface area contributed by atoms with E-state index in [1.54, 1.807) is 0 Å². The fraction of sp³-hybridized carbons (Fsp3) is 0.400. The highest BCUT2D eigenvalue weighted by atomic mass is 16.5. The van der Waals surface area contributed by atoms with Gasteiger partial charge in [-0.05, 0) is 44.0 Å². The molecule has 0 aromatic heterocycles. The Hall–Kier alpha value is -1.84. The number of nitrogens with one attached hydrogen (secondary N) is 1. The van der Waals surface area contributed by atoms with Crippen LogP contribution in [0.2, 0.25) is 0 Å². The molecule has 2 bridgehead atoms. The van der Waals surface area contributed by atoms with Crippen LogP contribution in [0.25, 0.3) is 0 Å². The number of nitrogens with zero attached hydrogens (tertiary/aromatic N) is 1. The van der Waals surface area contributed by atoms with Gasteiger partial charge in [-0.1, -0.05) is 36.4 Å². The predicted molar refractivity (Wildman–Crippen MR) is 90.9 cm³/mol. The number of rotatable bonds is 2. The zero-order valence-electron chi connectivity index (χ0n) is 13.2. The molecule has 2 aromatic carbocycles. The van der Waals surface area contributed by atoms with Crippen molar-refractivity contribution in [3.8, 4) is 11.5 Å². The second-order valence-electron chi connectivity index (χ2n) is 7.02. The number of fused-ring (bicyclic) bond motifs is 5. The van der Waals surface area contributed by atoms with Crippen molar-refractivity contribution in [2.75, 3.05) is 19.6 Å². The van der Waals surface area contributed by atoms with E-state index in [1.807, 2.05) is 0 Å². The maximum absolute atomic E-state index is 6.11. The van der Waals surface area contributed by atoms with Gasteiger partial charge in [-0.3, -0.25) is 0 Å². The molecule has 23 heavy (non-hydrogen) atoms. The van der Waals surface area contributed by atoms with Crippen molar-refractivity contribution in [1.82, 2.24) is 10.2 Å². The van der Waals surface area contributed by atoms with Gasteiger partial charge in [0.1, 0.15) is 11.5 Å². The summed E-state index contributed by atoms with van der Waals surface area (Å²) in [5.41, 5.74) is 2.53. The summed E-state index contributed by atoms with van der Waals surface area (Å²) < 4.78 is 6.11. The molecule has 3 saturated heterocycles. The average molecular weight is 306 g/mol. The number of hydrogen-bond donors (Lipinski definition) is 1. The van der Waals surface area contributed by atoms with E-state index in [4.69, 9.17) is 4.74 Å². The zero-order chi connectivity index (χ0) is 15.2. The summed E-state index contributed by atoms with van der Waals surface area (Å²) in [4.78, 5) is 2.61. The van der Waals surface area contributed by atoms with Crippen molar-refractivity contribution in [3.63, 3.8) is 0 Å². The fourth-order valence-electron chi connectivity index (χ4n) is 4.46. The van der Waals surface area contributed by atoms with Gasteiger partial charge in [0.25, 0.3) is 0 Å². The molecule has 0 saturated carbocycles. The van der Waals surface area contributed by atoms with Gasteiger partial charge < -0.3 is 15.0 Å². The van der Waals surface area contributed by atoms with Crippen LogP contribution in [0.5, 0.6) is 11.5 Å². The Morgan fingerprint density at radius 2 is 1.48 bits per heavy atom. The molecular formula is C20H22N2O. The Labute approximate surface area is 137 Å². The molecule has 1 unspecified atom stereocenters. The minimum Gasteiger partial charge on any atom is -0.457 e. The zero-order valence-corrected chi connectivity index (χ0v) is 13.2. The maximum Gasteiger partial charge on any atom is 0.132 e. The smallest absolute Gasteiger partial charge is 0.132 e. The van der Waals surface area contributed by atoms with Crippen molar-refractivity contribution < 1.29 is 4.74 Å². The van der Waals surface area contributed by atoms with E-state index >= 15 is 0 Å². The molecule has 1 N–H and O–H groups in total. The maximum atomic E-state index is 6.11. The molecule has 3 nitrogen and oxygen atoms in total. The first-order valence-corrected chi connectivity index (χ1v) is 8.72. The SMILES string of the molecule is c1ccc2c(c1)Oc1ccccc1C2NC1CN2CCC1CC2. The first-order valence-electron chi connectivity index (χ1n) is 8.72. The molecular weight excluding hydrogens is 284 g/mol. The third-order valence-corrected chi connectivity index (χ3v) is 5.72. The average Bonchev–Trinajstić information content (AvgIpc) is 2.62. The molecule has 3 heteroatoms. The lowest BCUT2D eigenvalue weighted by Crippen LogP contribution is -2.56. The quantitative estimate of drug-likeness (QED) is 0.918. The van der Waals surface area contributed by atoms with E-state index in [2.05, 4.69) is 58.7 Å². The molecule has 118 valence electrons. The van der Waals surface area contributed by atoms with Crippen LogP contribution in [0, 0.1) is 5.92 Å². The first kappa shape index (κ1) is 13.6. The number of para-hydroxylation sites is 2. The standard InChI is InChI=1S/C20H22N2O/c1-3-7-18-15(5-1)20(16-6-2-4-8-19(16)23-18)21-17-13-22-11-9-14(17)10-12-22/h1-8,14,17,20-21H,9-13H2. The lowest BCUT2D eigenvalue weighted by atomic mass is 9.82. The van der Waals surface area contributed by atoms with Crippen LogP contribution < -0.4 is 10.1 Å². The van der Waals surface area contributed by atoms with E-state index in [1.165, 1.54) is 43.6 Å². The van der Waals surface area contributed by atoms with Crippen LogP contribution in [-0.4, -0.2) is 30.6 Å². The normalized spacial score (nSPS) is 28.8. The highest BCUT2D eigenvalue weighted by Crippen LogP contribution is 2.43. The predicted octanol–water partition coefficient (Wildman–Crippen LogP) is 3.57. The summed E-state index contributed by atoms with van der Waals surface area (Å²) >= 11 is 0. The largest absolute Gasteiger partial charge is 0.457 e. The van der Waals surface area contributed by atoms with Gasteiger partial charge in [0.05, 0.1) is 6.04 Å². The Bertz CT molecular complexity index is 676. The van der Waals surface area contributed by atoms with E-state index in [0.717, 1.165) is 17.4 Å². The van der Waals surface area contributed by atoms with Crippen molar-refractivity contribution in [2.45, 2.75) is 24.9 Å². The lowest BCUT2D eigenvalue weighted by molar-refractivity contribution is 0.0686. The third kappa shape index (κ3) is 2.27. The number of piperidine rings is 3. The highest BCUT2D eigenvalue weighted by molar-refractivity contribution is 5.53. The summed E-state index contributed by atoms with van der Waals surface area (Å²) in [6.45, 7) is 3.75. The number of benzene rings is 2. The molecule has 4 aliphatic rings. The molecule has 4 aliphatic heterocycles. The molecule has 0 aliphatic carbocycles. The summed E-state index contributed by atoms with van der Waals surface area (Å²) in [6.07, 6.45) is 2.67. The second kappa shape index (κ2) is 5.36.